The summed E-state index contributed by atoms with van der Waals surface area (Å²) in [5.74, 6) is 0.715. The smallest absolute Gasteiger partial charge is 0.251 e. The number of likely N-dealkylation sites (tertiary alicyclic amines) is 1. The third-order valence-corrected chi connectivity index (χ3v) is 8.89. The molecule has 2 aromatic heterocycles. The van der Waals surface area contributed by atoms with Crippen LogP contribution in [0.3, 0.4) is 0 Å². The number of anilines is 1. The first-order valence-electron chi connectivity index (χ1n) is 11.8. The maximum Gasteiger partial charge on any atom is 0.251 e. The van der Waals surface area contributed by atoms with Gasteiger partial charge in [-0.05, 0) is 90.6 Å². The fourth-order valence-corrected chi connectivity index (χ4v) is 6.59. The van der Waals surface area contributed by atoms with E-state index in [1.165, 1.54) is 30.8 Å². The topological polar surface area (TPSA) is 110 Å². The highest BCUT2D eigenvalue weighted by atomic mass is 79.9. The summed E-state index contributed by atoms with van der Waals surface area (Å²) in [5.41, 5.74) is 10.4. The average molecular weight is 546 g/mol. The molecule has 3 N–H and O–H groups in total. The van der Waals surface area contributed by atoms with Crippen molar-refractivity contribution in [2.75, 3.05) is 18.8 Å². The Hall–Kier alpha value is -2.17. The summed E-state index contributed by atoms with van der Waals surface area (Å²) in [6.45, 7) is 3.69. The normalized spacial score (nSPS) is 17.3. The van der Waals surface area contributed by atoms with Crippen molar-refractivity contribution in [3.05, 3.63) is 34.1 Å². The number of carbonyl (C=O) groups excluding carboxylic acids is 1. The van der Waals surface area contributed by atoms with E-state index in [4.69, 9.17) is 10.7 Å². The van der Waals surface area contributed by atoms with Gasteiger partial charge < -0.3 is 20.3 Å². The molecule has 0 radical (unpaired) electrons. The van der Waals surface area contributed by atoms with Crippen molar-refractivity contribution < 1.29 is 9.90 Å². The van der Waals surface area contributed by atoms with E-state index in [0.717, 1.165) is 58.8 Å². The number of aliphatic hydroxyl groups excluding tert-OH is 1. The van der Waals surface area contributed by atoms with E-state index < -0.39 is 6.10 Å². The molecule has 0 unspecified atom stereocenters. The van der Waals surface area contributed by atoms with E-state index in [0.29, 0.717) is 30.3 Å². The maximum atomic E-state index is 12.1. The zero-order valence-corrected chi connectivity index (χ0v) is 21.6. The van der Waals surface area contributed by atoms with Crippen LogP contribution in [0.4, 0.5) is 5.82 Å². The van der Waals surface area contributed by atoms with Crippen LogP contribution in [-0.4, -0.2) is 54.6 Å². The Bertz CT molecular complexity index is 1220. The predicted molar refractivity (Wildman–Crippen MR) is 136 cm³/mol. The lowest BCUT2D eigenvalue weighted by Gasteiger charge is -2.32. The molecule has 180 valence electrons. The number of hydrogen-bond acceptors (Lipinski definition) is 7. The van der Waals surface area contributed by atoms with Gasteiger partial charge in [0.25, 0.3) is 5.91 Å². The molecule has 8 nitrogen and oxygen atoms in total. The van der Waals surface area contributed by atoms with Gasteiger partial charge in [0.15, 0.2) is 22.1 Å². The lowest BCUT2D eigenvalue weighted by Crippen LogP contribution is -2.43. The van der Waals surface area contributed by atoms with Crippen molar-refractivity contribution in [1.29, 1.82) is 0 Å². The summed E-state index contributed by atoms with van der Waals surface area (Å²) in [6.07, 6.45) is 6.87. The zero-order valence-electron chi connectivity index (χ0n) is 19.2. The lowest BCUT2D eigenvalue weighted by molar-refractivity contribution is -0.140. The minimum atomic E-state index is -0.933. The van der Waals surface area contributed by atoms with Crippen molar-refractivity contribution in [3.63, 3.8) is 0 Å². The first-order valence-corrected chi connectivity index (χ1v) is 13.4. The molecule has 3 aromatic rings. The Labute approximate surface area is 211 Å². The molecule has 0 saturated carbocycles. The molecule has 1 atom stereocenters. The van der Waals surface area contributed by atoms with E-state index in [1.54, 1.807) is 16.7 Å². The highest BCUT2D eigenvalue weighted by molar-refractivity contribution is 9.10. The largest absolute Gasteiger partial charge is 0.384 e. The van der Waals surface area contributed by atoms with Crippen LogP contribution in [0, 0.1) is 5.92 Å². The third kappa shape index (κ3) is 4.67. The molecule has 3 heterocycles. The summed E-state index contributed by atoms with van der Waals surface area (Å²) >= 11 is 5.40. The molecular weight excluding hydrogens is 516 g/mol. The molecule has 0 spiro atoms. The van der Waals surface area contributed by atoms with E-state index in [1.807, 2.05) is 0 Å². The minimum Gasteiger partial charge on any atom is -0.384 e. The van der Waals surface area contributed by atoms with Crippen LogP contribution in [0.25, 0.3) is 11.2 Å². The van der Waals surface area contributed by atoms with Gasteiger partial charge in [-0.25, -0.2) is 15.0 Å². The first kappa shape index (κ1) is 23.6. The van der Waals surface area contributed by atoms with Gasteiger partial charge in [-0.1, -0.05) is 11.8 Å². The molecule has 2 aliphatic rings. The molecule has 1 aliphatic carbocycles. The molecule has 1 aromatic carbocycles. The number of fused-ring (bicyclic) bond motifs is 2. The summed E-state index contributed by atoms with van der Waals surface area (Å²) < 4.78 is 3.25. The van der Waals surface area contributed by atoms with Gasteiger partial charge >= 0.3 is 0 Å². The number of benzene rings is 1. The molecule has 5 rings (SSSR count). The fraction of sp³-hybridized carbons (Fsp3) is 0.500. The van der Waals surface area contributed by atoms with Gasteiger partial charge in [-0.15, -0.1) is 0 Å². The van der Waals surface area contributed by atoms with E-state index >= 15 is 0 Å². The predicted octanol–water partition coefficient (Wildman–Crippen LogP) is 3.82. The second-order valence-electron chi connectivity index (χ2n) is 9.22. The molecule has 1 saturated heterocycles. The van der Waals surface area contributed by atoms with E-state index in [9.17, 15) is 9.90 Å². The quantitative estimate of drug-likeness (QED) is 0.485. The fourth-order valence-electron chi connectivity index (χ4n) is 4.98. The van der Waals surface area contributed by atoms with Crippen molar-refractivity contribution in [3.8, 4) is 0 Å². The number of imidazole rings is 1. The Kier molecular flexibility index (Phi) is 6.81. The number of halogens is 1. The number of piperidine rings is 1. The number of nitrogens with two attached hydrogens (primary N) is 1. The number of aromatic nitrogens is 4. The van der Waals surface area contributed by atoms with Crippen LogP contribution in [0.1, 0.15) is 43.7 Å². The van der Waals surface area contributed by atoms with Gasteiger partial charge in [0, 0.05) is 29.0 Å². The number of carbonyl (C=O) groups is 1. The Morgan fingerprint density at radius 3 is 2.74 bits per heavy atom. The Morgan fingerprint density at radius 2 is 2.00 bits per heavy atom. The number of aryl methyl sites for hydroxylation is 3. The van der Waals surface area contributed by atoms with Gasteiger partial charge in [0.1, 0.15) is 12.4 Å². The van der Waals surface area contributed by atoms with Crippen LogP contribution < -0.4 is 5.73 Å². The highest BCUT2D eigenvalue weighted by Gasteiger charge is 2.26. The Balaban J connectivity index is 1.36. The second kappa shape index (κ2) is 9.83. The molecule has 1 aliphatic heterocycles. The molecule has 34 heavy (non-hydrogen) atoms. The standard InChI is InChI=1S/C24H29BrN6O2S/c1-14(32)23(33)30-8-5-15(6-9-30)7-10-31-22-20(21(26)27-13-28-22)29-24(31)34-19-12-17-4-2-3-16(17)11-18(19)25/h11-15,32H,2-10H2,1H3,(H2,26,27,28)/t14-/m0/s1. The van der Waals surface area contributed by atoms with Crippen LogP contribution in [0.5, 0.6) is 0 Å². The summed E-state index contributed by atoms with van der Waals surface area (Å²) in [4.78, 5) is 28.5. The summed E-state index contributed by atoms with van der Waals surface area (Å²) in [7, 11) is 0. The number of nitrogen functional groups attached to an aromatic ring is 1. The van der Waals surface area contributed by atoms with Crippen LogP contribution in [0.15, 0.2) is 33.0 Å². The highest BCUT2D eigenvalue weighted by Crippen LogP contribution is 2.39. The average Bonchev–Trinajstić information content (AvgIpc) is 3.42. The lowest BCUT2D eigenvalue weighted by atomic mass is 9.93. The van der Waals surface area contributed by atoms with Crippen LogP contribution in [0.2, 0.25) is 0 Å². The number of hydrogen-bond donors (Lipinski definition) is 2. The zero-order chi connectivity index (χ0) is 23.8. The Morgan fingerprint density at radius 1 is 1.26 bits per heavy atom. The first-order chi connectivity index (χ1) is 16.4. The van der Waals surface area contributed by atoms with Gasteiger partial charge in [0.05, 0.1) is 0 Å². The number of amides is 1. The van der Waals surface area contributed by atoms with Gasteiger partial charge in [-0.2, -0.15) is 0 Å². The van der Waals surface area contributed by atoms with Crippen LogP contribution in [-0.2, 0) is 24.2 Å². The third-order valence-electron chi connectivity index (χ3n) is 6.92. The SMILES string of the molecule is C[C@H](O)C(=O)N1CCC(CCn2c(Sc3cc4c(cc3Br)CCC4)nc3c(N)ncnc32)CC1. The van der Waals surface area contributed by atoms with Gasteiger partial charge in [0.2, 0.25) is 0 Å². The maximum absolute atomic E-state index is 12.1. The van der Waals surface area contributed by atoms with Crippen molar-refractivity contribution in [2.24, 2.45) is 5.92 Å². The minimum absolute atomic E-state index is 0.176. The number of nitrogens with zero attached hydrogens (tertiary/aromatic N) is 5. The molecule has 1 fully saturated rings. The molecule has 1 amide bonds. The van der Waals surface area contributed by atoms with E-state index in [2.05, 4.69) is 42.6 Å². The van der Waals surface area contributed by atoms with Crippen LogP contribution >= 0.6 is 27.7 Å². The van der Waals surface area contributed by atoms with Crippen molar-refractivity contribution in [1.82, 2.24) is 24.4 Å². The van der Waals surface area contributed by atoms with Crippen molar-refractivity contribution >= 4 is 50.6 Å². The molecular formula is C24H29BrN6O2S. The molecule has 10 heteroatoms. The second-order valence-corrected chi connectivity index (χ2v) is 11.1. The summed E-state index contributed by atoms with van der Waals surface area (Å²) in [6, 6.07) is 4.53. The molecule has 0 bridgehead atoms. The summed E-state index contributed by atoms with van der Waals surface area (Å²) in [5, 5.41) is 10.4. The number of aliphatic hydroxyl groups is 1. The van der Waals surface area contributed by atoms with Crippen molar-refractivity contribution in [2.45, 2.75) is 68.1 Å². The number of rotatable bonds is 6. The van der Waals surface area contributed by atoms with E-state index in [-0.39, 0.29) is 5.91 Å². The monoisotopic (exact) mass is 544 g/mol. The van der Waals surface area contributed by atoms with Gasteiger partial charge in [-0.3, -0.25) is 4.79 Å².